The SMILES string of the molecule is CC(C)CN(CC(C)C)C1C(C)CC(C)CC1N. The van der Waals surface area contributed by atoms with E-state index >= 15 is 0 Å². The second-order valence-electron chi connectivity index (χ2n) is 7.45. The van der Waals surface area contributed by atoms with Gasteiger partial charge >= 0.3 is 0 Å². The van der Waals surface area contributed by atoms with Crippen molar-refractivity contribution >= 4 is 0 Å². The normalized spacial score (nSPS) is 33.7. The van der Waals surface area contributed by atoms with Crippen LogP contribution < -0.4 is 5.73 Å². The number of nitrogens with zero attached hydrogens (tertiary/aromatic N) is 1. The Morgan fingerprint density at radius 3 is 1.89 bits per heavy atom. The Morgan fingerprint density at radius 1 is 1.00 bits per heavy atom. The second-order valence-corrected chi connectivity index (χ2v) is 7.45. The Hall–Kier alpha value is -0.0800. The molecule has 1 rings (SSSR count). The molecule has 1 aliphatic carbocycles. The van der Waals surface area contributed by atoms with E-state index in [-0.39, 0.29) is 0 Å². The number of hydrogen-bond acceptors (Lipinski definition) is 2. The molecule has 0 aromatic rings. The van der Waals surface area contributed by atoms with Gasteiger partial charge in [-0.15, -0.1) is 0 Å². The van der Waals surface area contributed by atoms with E-state index in [1.165, 1.54) is 25.9 Å². The number of rotatable bonds is 5. The fourth-order valence-electron chi connectivity index (χ4n) is 3.78. The van der Waals surface area contributed by atoms with Gasteiger partial charge in [-0.1, -0.05) is 41.5 Å². The van der Waals surface area contributed by atoms with Crippen LogP contribution in [0.25, 0.3) is 0 Å². The van der Waals surface area contributed by atoms with Crippen molar-refractivity contribution in [3.63, 3.8) is 0 Å². The number of hydrogen-bond donors (Lipinski definition) is 1. The van der Waals surface area contributed by atoms with Gasteiger partial charge in [0, 0.05) is 25.2 Å². The monoisotopic (exact) mass is 254 g/mol. The first-order valence-electron chi connectivity index (χ1n) is 7.80. The van der Waals surface area contributed by atoms with E-state index in [1.54, 1.807) is 0 Å². The first-order chi connectivity index (χ1) is 8.31. The molecule has 0 spiro atoms. The number of nitrogens with two attached hydrogens (primary N) is 1. The lowest BCUT2D eigenvalue weighted by Crippen LogP contribution is -2.56. The molecule has 0 saturated heterocycles. The van der Waals surface area contributed by atoms with Gasteiger partial charge in [-0.05, 0) is 36.5 Å². The molecule has 4 atom stereocenters. The van der Waals surface area contributed by atoms with Crippen LogP contribution in [0, 0.1) is 23.7 Å². The van der Waals surface area contributed by atoms with Crippen LogP contribution in [0.4, 0.5) is 0 Å². The van der Waals surface area contributed by atoms with Crippen molar-refractivity contribution in [2.45, 2.75) is 66.5 Å². The average molecular weight is 254 g/mol. The Kier molecular flexibility index (Phi) is 6.13. The van der Waals surface area contributed by atoms with E-state index in [0.717, 1.165) is 23.7 Å². The highest BCUT2D eigenvalue weighted by Gasteiger charge is 2.35. The molecule has 0 aliphatic heterocycles. The third-order valence-corrected chi connectivity index (χ3v) is 4.09. The first-order valence-corrected chi connectivity index (χ1v) is 7.80. The van der Waals surface area contributed by atoms with Gasteiger partial charge in [-0.2, -0.15) is 0 Å². The minimum atomic E-state index is 0.362. The van der Waals surface area contributed by atoms with E-state index in [9.17, 15) is 0 Å². The third-order valence-electron chi connectivity index (χ3n) is 4.09. The van der Waals surface area contributed by atoms with E-state index in [0.29, 0.717) is 12.1 Å². The minimum Gasteiger partial charge on any atom is -0.326 e. The van der Waals surface area contributed by atoms with Gasteiger partial charge in [0.25, 0.3) is 0 Å². The lowest BCUT2D eigenvalue weighted by atomic mass is 9.76. The van der Waals surface area contributed by atoms with Crippen LogP contribution in [-0.4, -0.2) is 30.1 Å². The molecule has 2 heteroatoms. The van der Waals surface area contributed by atoms with Gasteiger partial charge in [0.15, 0.2) is 0 Å². The second kappa shape index (κ2) is 6.91. The summed E-state index contributed by atoms with van der Waals surface area (Å²) in [7, 11) is 0. The summed E-state index contributed by atoms with van der Waals surface area (Å²) in [5.41, 5.74) is 6.47. The molecule has 18 heavy (non-hydrogen) atoms. The van der Waals surface area contributed by atoms with Gasteiger partial charge in [-0.3, -0.25) is 4.90 Å². The predicted octanol–water partition coefficient (Wildman–Crippen LogP) is 3.36. The molecule has 0 amide bonds. The van der Waals surface area contributed by atoms with Crippen LogP contribution in [-0.2, 0) is 0 Å². The Balaban J connectivity index is 2.75. The molecule has 1 aliphatic rings. The lowest BCUT2D eigenvalue weighted by Gasteiger charge is -2.45. The van der Waals surface area contributed by atoms with Crippen molar-refractivity contribution in [3.8, 4) is 0 Å². The first kappa shape index (κ1) is 16.0. The van der Waals surface area contributed by atoms with Gasteiger partial charge < -0.3 is 5.73 Å². The summed E-state index contributed by atoms with van der Waals surface area (Å²) >= 11 is 0. The van der Waals surface area contributed by atoms with Crippen molar-refractivity contribution in [2.24, 2.45) is 29.4 Å². The molecule has 0 bridgehead atoms. The van der Waals surface area contributed by atoms with E-state index in [4.69, 9.17) is 5.73 Å². The maximum atomic E-state index is 6.47. The molecular weight excluding hydrogens is 220 g/mol. The zero-order valence-corrected chi connectivity index (χ0v) is 13.3. The largest absolute Gasteiger partial charge is 0.326 e. The molecule has 2 N–H and O–H groups in total. The van der Waals surface area contributed by atoms with Gasteiger partial charge in [-0.25, -0.2) is 0 Å². The van der Waals surface area contributed by atoms with Crippen LogP contribution in [0.5, 0.6) is 0 Å². The van der Waals surface area contributed by atoms with Crippen molar-refractivity contribution < 1.29 is 0 Å². The van der Waals surface area contributed by atoms with Gasteiger partial charge in [0.05, 0.1) is 0 Å². The molecule has 108 valence electrons. The highest BCUT2D eigenvalue weighted by molar-refractivity contribution is 4.92. The standard InChI is InChI=1S/C16H34N2/c1-11(2)9-18(10-12(3)4)16-14(6)7-13(5)8-15(16)17/h11-16H,7-10,17H2,1-6H3. The topological polar surface area (TPSA) is 29.3 Å². The van der Waals surface area contributed by atoms with Crippen LogP contribution in [0.2, 0.25) is 0 Å². The summed E-state index contributed by atoms with van der Waals surface area (Å²) in [6.45, 7) is 16.4. The Morgan fingerprint density at radius 2 is 1.50 bits per heavy atom. The molecule has 1 saturated carbocycles. The molecule has 2 nitrogen and oxygen atoms in total. The van der Waals surface area contributed by atoms with Crippen molar-refractivity contribution in [1.29, 1.82) is 0 Å². The fraction of sp³-hybridized carbons (Fsp3) is 1.00. The Bertz CT molecular complexity index is 215. The molecule has 4 unspecified atom stereocenters. The summed E-state index contributed by atoms with van der Waals surface area (Å²) in [5.74, 6) is 2.98. The lowest BCUT2D eigenvalue weighted by molar-refractivity contribution is 0.0571. The fourth-order valence-corrected chi connectivity index (χ4v) is 3.78. The maximum absolute atomic E-state index is 6.47. The summed E-state index contributed by atoms with van der Waals surface area (Å²) in [6.07, 6.45) is 2.53. The summed E-state index contributed by atoms with van der Waals surface area (Å²) in [6, 6.07) is 0.951. The average Bonchev–Trinajstić information content (AvgIpc) is 2.12. The van der Waals surface area contributed by atoms with E-state index in [2.05, 4.69) is 46.4 Å². The van der Waals surface area contributed by atoms with Crippen molar-refractivity contribution in [2.75, 3.05) is 13.1 Å². The van der Waals surface area contributed by atoms with Crippen LogP contribution in [0.1, 0.15) is 54.4 Å². The molecule has 0 aromatic heterocycles. The van der Waals surface area contributed by atoms with Crippen LogP contribution >= 0.6 is 0 Å². The van der Waals surface area contributed by atoms with Crippen molar-refractivity contribution in [1.82, 2.24) is 4.90 Å². The smallest absolute Gasteiger partial charge is 0.0273 e. The molecule has 0 radical (unpaired) electrons. The Labute approximate surface area is 114 Å². The quantitative estimate of drug-likeness (QED) is 0.815. The third kappa shape index (κ3) is 4.55. The summed E-state index contributed by atoms with van der Waals surface area (Å²) in [4.78, 5) is 2.68. The highest BCUT2D eigenvalue weighted by Crippen LogP contribution is 2.32. The summed E-state index contributed by atoms with van der Waals surface area (Å²) in [5, 5.41) is 0. The van der Waals surface area contributed by atoms with Crippen LogP contribution in [0.15, 0.2) is 0 Å². The summed E-state index contributed by atoms with van der Waals surface area (Å²) < 4.78 is 0. The van der Waals surface area contributed by atoms with Gasteiger partial charge in [0.1, 0.15) is 0 Å². The van der Waals surface area contributed by atoms with Crippen LogP contribution in [0.3, 0.4) is 0 Å². The maximum Gasteiger partial charge on any atom is 0.0273 e. The van der Waals surface area contributed by atoms with Gasteiger partial charge in [0.2, 0.25) is 0 Å². The molecule has 1 fully saturated rings. The highest BCUT2D eigenvalue weighted by atomic mass is 15.2. The zero-order valence-electron chi connectivity index (χ0n) is 13.3. The molecular formula is C16H34N2. The molecule has 0 heterocycles. The minimum absolute atomic E-state index is 0.362. The zero-order chi connectivity index (χ0) is 13.9. The van der Waals surface area contributed by atoms with E-state index < -0.39 is 0 Å². The molecule has 0 aromatic carbocycles. The van der Waals surface area contributed by atoms with Crippen molar-refractivity contribution in [3.05, 3.63) is 0 Å². The van der Waals surface area contributed by atoms with E-state index in [1.807, 2.05) is 0 Å². The predicted molar refractivity (Wildman–Crippen MR) is 80.6 cm³/mol.